The lowest BCUT2D eigenvalue weighted by Gasteiger charge is -2.37. The number of piperidine rings is 1. The summed E-state index contributed by atoms with van der Waals surface area (Å²) in [6, 6.07) is 12.2. The van der Waals surface area contributed by atoms with Crippen LogP contribution in [0.3, 0.4) is 0 Å². The van der Waals surface area contributed by atoms with Crippen molar-refractivity contribution in [3.8, 4) is 16.9 Å². The Labute approximate surface area is 181 Å². The first-order valence-electron chi connectivity index (χ1n) is 9.73. The second-order valence-corrected chi connectivity index (χ2v) is 9.17. The second-order valence-electron chi connectivity index (χ2n) is 7.28. The lowest BCUT2D eigenvalue weighted by Crippen LogP contribution is -2.56. The van der Waals surface area contributed by atoms with Gasteiger partial charge in [-0.2, -0.15) is 4.31 Å². The van der Waals surface area contributed by atoms with Crippen LogP contribution in [0.1, 0.15) is 19.8 Å². The summed E-state index contributed by atoms with van der Waals surface area (Å²) < 4.78 is 32.7. The van der Waals surface area contributed by atoms with Crippen molar-refractivity contribution >= 4 is 21.8 Å². The van der Waals surface area contributed by atoms with Crippen molar-refractivity contribution in [2.45, 2.75) is 36.7 Å². The van der Waals surface area contributed by atoms with Gasteiger partial charge in [-0.15, -0.1) is 0 Å². The first-order chi connectivity index (χ1) is 14.8. The summed E-state index contributed by atoms with van der Waals surface area (Å²) in [6.45, 7) is 1.39. The Morgan fingerprint density at radius 3 is 2.16 bits per heavy atom. The minimum absolute atomic E-state index is 0.0333. The van der Waals surface area contributed by atoms with Gasteiger partial charge in [0.05, 0.1) is 12.0 Å². The number of hydrogen-bond acceptors (Lipinski definition) is 6. The highest BCUT2D eigenvalue weighted by atomic mass is 32.2. The number of rotatable bonds is 6. The maximum Gasteiger partial charge on any atom is 0.261 e. The molecule has 1 saturated heterocycles. The standard InChI is InChI=1S/C21H25N3O6S/c1-14(25)22-17-11-12-24(20(13-17)21(26)23-27)31(28,29)19-9-5-16(6-10-19)15-3-7-18(30-2)8-4-15/h3-10,17,20,27H,11-13H2,1-2H3,(H,22,25)(H,23,26)/t17-,20+/m0/s1. The van der Waals surface area contributed by atoms with Crippen molar-refractivity contribution in [2.75, 3.05) is 13.7 Å². The first-order valence-corrected chi connectivity index (χ1v) is 11.2. The molecule has 3 N–H and O–H groups in total. The predicted octanol–water partition coefficient (Wildman–Crippen LogP) is 1.53. The van der Waals surface area contributed by atoms with Crippen molar-refractivity contribution < 1.29 is 28.0 Å². The van der Waals surface area contributed by atoms with Crippen LogP contribution in [0.4, 0.5) is 0 Å². The minimum Gasteiger partial charge on any atom is -0.497 e. The molecule has 2 aromatic carbocycles. The largest absolute Gasteiger partial charge is 0.497 e. The van der Waals surface area contributed by atoms with Crippen molar-refractivity contribution in [1.29, 1.82) is 0 Å². The van der Waals surface area contributed by atoms with Gasteiger partial charge < -0.3 is 10.1 Å². The molecule has 10 heteroatoms. The Hall–Kier alpha value is -2.95. The van der Waals surface area contributed by atoms with Gasteiger partial charge in [0.15, 0.2) is 0 Å². The van der Waals surface area contributed by atoms with E-state index in [0.717, 1.165) is 21.2 Å². The van der Waals surface area contributed by atoms with Crippen LogP contribution in [-0.2, 0) is 19.6 Å². The van der Waals surface area contributed by atoms with Crippen LogP contribution in [0.5, 0.6) is 5.75 Å². The molecule has 2 aromatic rings. The van der Waals surface area contributed by atoms with Gasteiger partial charge in [-0.3, -0.25) is 14.8 Å². The first kappa shape index (κ1) is 22.7. The van der Waals surface area contributed by atoms with Crippen LogP contribution in [-0.4, -0.2) is 55.5 Å². The number of methoxy groups -OCH3 is 1. The summed E-state index contributed by atoms with van der Waals surface area (Å²) >= 11 is 0. The zero-order valence-corrected chi connectivity index (χ0v) is 18.1. The zero-order valence-electron chi connectivity index (χ0n) is 17.2. The van der Waals surface area contributed by atoms with Gasteiger partial charge in [0.25, 0.3) is 5.91 Å². The highest BCUT2D eigenvalue weighted by molar-refractivity contribution is 7.89. The summed E-state index contributed by atoms with van der Waals surface area (Å²) in [4.78, 5) is 23.6. The van der Waals surface area contributed by atoms with E-state index in [0.29, 0.717) is 6.42 Å². The number of amides is 2. The lowest BCUT2D eigenvalue weighted by atomic mass is 9.99. The lowest BCUT2D eigenvalue weighted by molar-refractivity contribution is -0.134. The molecule has 166 valence electrons. The van der Waals surface area contributed by atoms with Crippen LogP contribution in [0.2, 0.25) is 0 Å². The van der Waals surface area contributed by atoms with Crippen molar-refractivity contribution in [3.05, 3.63) is 48.5 Å². The molecule has 0 aliphatic carbocycles. The molecule has 0 spiro atoms. The number of sulfonamides is 1. The molecule has 9 nitrogen and oxygen atoms in total. The number of carbonyl (C=O) groups excluding carboxylic acids is 2. The molecule has 3 rings (SSSR count). The molecule has 2 amide bonds. The smallest absolute Gasteiger partial charge is 0.261 e. The van der Waals surface area contributed by atoms with E-state index >= 15 is 0 Å². The maximum atomic E-state index is 13.2. The molecule has 1 aliphatic heterocycles. The van der Waals surface area contributed by atoms with E-state index in [-0.39, 0.29) is 29.8 Å². The van der Waals surface area contributed by atoms with Gasteiger partial charge in [-0.05, 0) is 48.2 Å². The van der Waals surface area contributed by atoms with Gasteiger partial charge in [-0.25, -0.2) is 13.9 Å². The average Bonchev–Trinajstić information content (AvgIpc) is 2.78. The molecule has 0 aromatic heterocycles. The van der Waals surface area contributed by atoms with Crippen LogP contribution >= 0.6 is 0 Å². The summed E-state index contributed by atoms with van der Waals surface area (Å²) in [7, 11) is -2.42. The van der Waals surface area contributed by atoms with Crippen molar-refractivity contribution in [2.24, 2.45) is 0 Å². The maximum absolute atomic E-state index is 13.2. The molecule has 0 radical (unpaired) electrons. The van der Waals surface area contributed by atoms with E-state index < -0.39 is 22.0 Å². The van der Waals surface area contributed by atoms with Gasteiger partial charge in [0.1, 0.15) is 11.8 Å². The van der Waals surface area contributed by atoms with E-state index in [9.17, 15) is 18.0 Å². The number of hydrogen-bond donors (Lipinski definition) is 3. The Morgan fingerprint density at radius 1 is 1.06 bits per heavy atom. The third-order valence-corrected chi connectivity index (χ3v) is 7.18. The van der Waals surface area contributed by atoms with E-state index in [1.807, 2.05) is 24.3 Å². The van der Waals surface area contributed by atoms with Crippen molar-refractivity contribution in [1.82, 2.24) is 15.1 Å². The van der Waals surface area contributed by atoms with Gasteiger partial charge in [-0.1, -0.05) is 24.3 Å². The highest BCUT2D eigenvalue weighted by Gasteiger charge is 2.41. The van der Waals surface area contributed by atoms with Crippen LogP contribution < -0.4 is 15.5 Å². The SMILES string of the molecule is COc1ccc(-c2ccc(S(=O)(=O)N3CC[C@H](NC(C)=O)C[C@@H]3C(=O)NO)cc2)cc1. The molecule has 1 fully saturated rings. The topological polar surface area (TPSA) is 125 Å². The molecular weight excluding hydrogens is 422 g/mol. The molecule has 1 aliphatic rings. The highest BCUT2D eigenvalue weighted by Crippen LogP contribution is 2.28. The number of benzene rings is 2. The van der Waals surface area contributed by atoms with Crippen LogP contribution in [0, 0.1) is 0 Å². The summed E-state index contributed by atoms with van der Waals surface area (Å²) in [5.74, 6) is -0.383. The summed E-state index contributed by atoms with van der Waals surface area (Å²) in [5.41, 5.74) is 3.26. The van der Waals surface area contributed by atoms with Crippen LogP contribution in [0.15, 0.2) is 53.4 Å². The number of hydroxylamine groups is 1. The third-order valence-electron chi connectivity index (χ3n) is 5.26. The molecule has 0 unspecified atom stereocenters. The zero-order chi connectivity index (χ0) is 22.6. The number of nitrogens with one attached hydrogen (secondary N) is 2. The predicted molar refractivity (Wildman–Crippen MR) is 113 cm³/mol. The number of carbonyl (C=O) groups is 2. The van der Waals surface area contributed by atoms with E-state index in [2.05, 4.69) is 5.32 Å². The Balaban J connectivity index is 1.84. The van der Waals surface area contributed by atoms with E-state index in [4.69, 9.17) is 9.94 Å². The average molecular weight is 448 g/mol. The quantitative estimate of drug-likeness (QED) is 0.456. The number of ether oxygens (including phenoxy) is 1. The molecule has 0 bridgehead atoms. The minimum atomic E-state index is -4.00. The fraction of sp³-hybridized carbons (Fsp3) is 0.333. The van der Waals surface area contributed by atoms with E-state index in [1.54, 1.807) is 19.2 Å². The fourth-order valence-electron chi connectivity index (χ4n) is 3.70. The molecule has 1 heterocycles. The second kappa shape index (κ2) is 9.46. The van der Waals surface area contributed by atoms with Gasteiger partial charge in [0, 0.05) is 19.5 Å². The molecule has 31 heavy (non-hydrogen) atoms. The Kier molecular flexibility index (Phi) is 6.94. The Morgan fingerprint density at radius 2 is 1.65 bits per heavy atom. The molecule has 2 atom stereocenters. The normalized spacial score (nSPS) is 19.5. The van der Waals surface area contributed by atoms with Gasteiger partial charge >= 0.3 is 0 Å². The fourth-order valence-corrected chi connectivity index (χ4v) is 5.31. The summed E-state index contributed by atoms with van der Waals surface area (Å²) in [5, 5.41) is 11.8. The Bertz CT molecular complexity index is 1040. The monoisotopic (exact) mass is 447 g/mol. The summed E-state index contributed by atoms with van der Waals surface area (Å²) in [6.07, 6.45) is 0.424. The van der Waals surface area contributed by atoms with E-state index in [1.165, 1.54) is 24.5 Å². The van der Waals surface area contributed by atoms with Crippen LogP contribution in [0.25, 0.3) is 11.1 Å². The number of nitrogens with zero attached hydrogens (tertiary/aromatic N) is 1. The van der Waals surface area contributed by atoms with Gasteiger partial charge in [0.2, 0.25) is 15.9 Å². The molecular formula is C21H25N3O6S. The van der Waals surface area contributed by atoms with Crippen molar-refractivity contribution in [3.63, 3.8) is 0 Å². The molecule has 0 saturated carbocycles. The third kappa shape index (κ3) is 5.04.